The summed E-state index contributed by atoms with van der Waals surface area (Å²) in [6.45, 7) is 6.74. The molecule has 1 amide bonds. The summed E-state index contributed by atoms with van der Waals surface area (Å²) in [7, 11) is 1.38. The molecule has 0 saturated carbocycles. The van der Waals surface area contributed by atoms with Crippen molar-refractivity contribution in [3.63, 3.8) is 0 Å². The van der Waals surface area contributed by atoms with Crippen LogP contribution in [0.15, 0.2) is 78.0 Å². The van der Waals surface area contributed by atoms with Crippen LogP contribution in [0.2, 0.25) is 0 Å². The number of aromatic nitrogens is 4. The van der Waals surface area contributed by atoms with Gasteiger partial charge in [-0.15, -0.1) is 12.4 Å². The number of esters is 2. The highest BCUT2D eigenvalue weighted by Gasteiger charge is 2.52. The number of cyclic esters (lactones) is 1. The Morgan fingerprint density at radius 1 is 1.08 bits per heavy atom. The molecule has 8 rings (SSSR count). The number of amides is 1. The van der Waals surface area contributed by atoms with Crippen LogP contribution in [0, 0.1) is 5.92 Å². The number of para-hydroxylation sites is 1. The summed E-state index contributed by atoms with van der Waals surface area (Å²) in [4.78, 5) is 68.4. The van der Waals surface area contributed by atoms with Gasteiger partial charge in [-0.3, -0.25) is 9.59 Å². The number of aromatic amines is 1. The number of nitrogens with zero attached hydrogens (tertiary/aromatic N) is 3. The molecule has 3 aliphatic rings. The van der Waals surface area contributed by atoms with Crippen LogP contribution in [0.5, 0.6) is 5.75 Å². The van der Waals surface area contributed by atoms with E-state index in [4.69, 9.17) is 40.9 Å². The van der Waals surface area contributed by atoms with E-state index in [2.05, 4.69) is 25.9 Å². The lowest BCUT2D eigenvalue weighted by Crippen LogP contribution is -2.59. The second kappa shape index (κ2) is 19.3. The molecule has 0 spiro atoms. The number of rotatable bonds is 13. The topological polar surface area (TPSA) is 237 Å². The number of fused-ring (bicyclic) bond motifs is 5. The molecule has 0 bridgehead atoms. The summed E-state index contributed by atoms with van der Waals surface area (Å²) in [5.41, 5.74) is 1.84. The van der Waals surface area contributed by atoms with Crippen molar-refractivity contribution >= 4 is 64.2 Å². The maximum atomic E-state index is 14.3. The molecule has 0 aliphatic carbocycles. The van der Waals surface area contributed by atoms with Crippen molar-refractivity contribution in [1.82, 2.24) is 30.2 Å². The first kappa shape index (κ1) is 47.0. The number of benzene rings is 2. The number of aliphatic hydroxyl groups is 2. The molecule has 8 atom stereocenters. The number of anilines is 1. The van der Waals surface area contributed by atoms with Crippen molar-refractivity contribution in [1.29, 1.82) is 0 Å². The molecular formula is C45H50ClN7O11S. The molecule has 3 aliphatic heterocycles. The highest BCUT2D eigenvalue weighted by Crippen LogP contribution is 2.41. The fourth-order valence-electron chi connectivity index (χ4n) is 8.34. The Balaban J connectivity index is 0.00000630. The highest BCUT2D eigenvalue weighted by atomic mass is 35.5. The molecule has 0 radical (unpaired) electrons. The first-order chi connectivity index (χ1) is 30.7. The van der Waals surface area contributed by atoms with Gasteiger partial charge in [-0.05, 0) is 73.9 Å². The normalized spacial score (nSPS) is 22.9. The number of H-pyrrole nitrogens is 1. The largest absolute Gasteiger partial charge is 0.462 e. The summed E-state index contributed by atoms with van der Waals surface area (Å²) in [5.74, 6) is -2.51. The van der Waals surface area contributed by atoms with E-state index in [1.807, 2.05) is 30.3 Å². The monoisotopic (exact) mass is 931 g/mol. The van der Waals surface area contributed by atoms with Crippen LogP contribution in [-0.2, 0) is 58.5 Å². The lowest BCUT2D eigenvalue weighted by atomic mass is 9.85. The van der Waals surface area contributed by atoms with E-state index in [-0.39, 0.29) is 60.2 Å². The Morgan fingerprint density at radius 3 is 2.52 bits per heavy atom. The Bertz CT molecular complexity index is 2650. The minimum atomic E-state index is -1.99. The Kier molecular flexibility index (Phi) is 13.9. The average Bonchev–Trinajstić information content (AvgIpc) is 3.93. The van der Waals surface area contributed by atoms with Crippen molar-refractivity contribution in [2.45, 2.75) is 102 Å². The summed E-state index contributed by atoms with van der Waals surface area (Å²) in [6.07, 6.45) is -1.89. The molecule has 18 nitrogen and oxygen atoms in total. The average molecular weight is 932 g/mol. The molecule has 1 fully saturated rings. The fourth-order valence-corrected chi connectivity index (χ4v) is 8.60. The second-order valence-corrected chi connectivity index (χ2v) is 16.8. The molecule has 1 saturated heterocycles. The third-order valence-corrected chi connectivity index (χ3v) is 12.1. The third-order valence-electron chi connectivity index (χ3n) is 11.9. The molecule has 3 aromatic heterocycles. The van der Waals surface area contributed by atoms with Crippen LogP contribution >= 0.6 is 24.6 Å². The minimum Gasteiger partial charge on any atom is -0.462 e. The van der Waals surface area contributed by atoms with Gasteiger partial charge in [-0.25, -0.2) is 19.6 Å². The quantitative estimate of drug-likeness (QED) is 0.0719. The molecule has 65 heavy (non-hydrogen) atoms. The predicted molar refractivity (Wildman–Crippen MR) is 242 cm³/mol. The standard InChI is InChI=1S/C45H49N7O11S.ClH/c1-6-45(30-17-33-35-25(15-24-9-7-8-10-31(24)49-35)19-52(33)40(56)29(30)20-60-43(45)58)63-41(57)34(22(2)3)51-39(55)32(16-27-18-46-21-47-27)50-44(64)48-26-11-13-28(14-12-26)62-42-37(54)38(59-5)36(53)23(4)61-42;/h7-15,17-18,21-23,32,34,36-38,42,53-54H,6,16,19-20H2,1-5H3,(H,46,47)(H,51,55)(H2,48,50,64);1H/t23?,32-,34?,36?,37?,38?,42?,45?;/m0./s1. The van der Waals surface area contributed by atoms with Crippen LogP contribution in [-0.4, -0.2) is 103 Å². The minimum absolute atomic E-state index is 0. The lowest BCUT2D eigenvalue weighted by Gasteiger charge is -2.40. The van der Waals surface area contributed by atoms with Gasteiger partial charge in [0, 0.05) is 47.6 Å². The lowest BCUT2D eigenvalue weighted by molar-refractivity contribution is -0.272. The zero-order chi connectivity index (χ0) is 45.4. The number of carbonyl (C=O) groups is 3. The van der Waals surface area contributed by atoms with Gasteiger partial charge in [0.05, 0.1) is 41.4 Å². The second-order valence-electron chi connectivity index (χ2n) is 16.4. The van der Waals surface area contributed by atoms with Crippen LogP contribution in [0.25, 0.3) is 22.3 Å². The highest BCUT2D eigenvalue weighted by molar-refractivity contribution is 7.80. The van der Waals surface area contributed by atoms with E-state index >= 15 is 0 Å². The van der Waals surface area contributed by atoms with Crippen molar-refractivity contribution in [3.8, 4) is 17.1 Å². The number of hydrogen-bond donors (Lipinski definition) is 6. The van der Waals surface area contributed by atoms with E-state index in [9.17, 15) is 29.4 Å². The number of aliphatic hydroxyl groups excluding tert-OH is 2. The smallest absolute Gasteiger partial charge is 0.355 e. The number of nitrogens with one attached hydrogen (secondary N) is 4. The van der Waals surface area contributed by atoms with Gasteiger partial charge in [-0.2, -0.15) is 0 Å². The van der Waals surface area contributed by atoms with Crippen LogP contribution < -0.4 is 26.2 Å². The number of methoxy groups -OCH3 is 1. The van der Waals surface area contributed by atoms with Gasteiger partial charge in [0.25, 0.3) is 5.56 Å². The van der Waals surface area contributed by atoms with E-state index in [0.29, 0.717) is 28.5 Å². The Labute approximate surface area is 384 Å². The molecule has 6 N–H and O–H groups in total. The first-order valence-corrected chi connectivity index (χ1v) is 21.3. The number of pyridine rings is 2. The van der Waals surface area contributed by atoms with Gasteiger partial charge in [-0.1, -0.05) is 39.0 Å². The van der Waals surface area contributed by atoms with Crippen LogP contribution in [0.3, 0.4) is 0 Å². The Morgan fingerprint density at radius 2 is 1.83 bits per heavy atom. The maximum absolute atomic E-state index is 14.3. The molecule has 7 unspecified atom stereocenters. The SMILES string of the molecule is CCC1(OC(=O)C(NC(=O)[C@H](Cc2cnc[nH]2)NC(=S)Nc2ccc(OC3OC(C)C(O)C(OC)C3O)cc2)C(C)C)C(=O)OCc2c1cc1n(c2=O)Cc2cc3ccccc3nc2-1.Cl. The van der Waals surface area contributed by atoms with Crippen molar-refractivity contribution in [3.05, 3.63) is 106 Å². The summed E-state index contributed by atoms with van der Waals surface area (Å²) < 4.78 is 30.1. The summed E-state index contributed by atoms with van der Waals surface area (Å²) in [5, 5.41) is 30.8. The molecule has 2 aromatic carbocycles. The number of thiocarbonyl (C=S) groups is 1. The van der Waals surface area contributed by atoms with Gasteiger partial charge in [0.15, 0.2) is 5.11 Å². The fraction of sp³-hybridized carbons (Fsp3) is 0.400. The summed E-state index contributed by atoms with van der Waals surface area (Å²) in [6, 6.07) is 15.6. The first-order valence-electron chi connectivity index (χ1n) is 20.9. The molecule has 344 valence electrons. The van der Waals surface area contributed by atoms with Gasteiger partial charge < -0.3 is 59.4 Å². The molecule has 6 heterocycles. The van der Waals surface area contributed by atoms with Gasteiger partial charge >= 0.3 is 11.9 Å². The van der Waals surface area contributed by atoms with Gasteiger partial charge in [0.2, 0.25) is 17.8 Å². The van der Waals surface area contributed by atoms with Crippen LogP contribution in [0.4, 0.5) is 5.69 Å². The predicted octanol–water partition coefficient (Wildman–Crippen LogP) is 3.37. The van der Waals surface area contributed by atoms with E-state index < -0.39 is 72.2 Å². The number of imidazole rings is 1. The van der Waals surface area contributed by atoms with Crippen LogP contribution in [0.1, 0.15) is 56.5 Å². The van der Waals surface area contributed by atoms with Crippen molar-refractivity contribution < 1.29 is 48.3 Å². The molecular weight excluding hydrogens is 882 g/mol. The molecule has 20 heteroatoms. The molecule has 5 aromatic rings. The number of hydrogen-bond acceptors (Lipinski definition) is 14. The number of halogens is 1. The third kappa shape index (κ3) is 9.16. The van der Waals surface area contributed by atoms with E-state index in [1.165, 1.54) is 13.4 Å². The van der Waals surface area contributed by atoms with Crippen molar-refractivity contribution in [2.75, 3.05) is 12.4 Å². The zero-order valence-corrected chi connectivity index (χ0v) is 37.7. The Hall–Kier alpha value is -5.96. The zero-order valence-electron chi connectivity index (χ0n) is 36.1. The number of ether oxygens (including phenoxy) is 5. The van der Waals surface area contributed by atoms with E-state index in [0.717, 1.165) is 16.5 Å². The van der Waals surface area contributed by atoms with Crippen molar-refractivity contribution in [2.24, 2.45) is 5.92 Å². The van der Waals surface area contributed by atoms with E-state index in [1.54, 1.807) is 68.8 Å². The van der Waals surface area contributed by atoms with Gasteiger partial charge in [0.1, 0.15) is 42.8 Å². The number of carbonyl (C=O) groups excluding carboxylic acids is 3. The maximum Gasteiger partial charge on any atom is 0.355 e. The summed E-state index contributed by atoms with van der Waals surface area (Å²) >= 11 is 5.63.